The monoisotopic (exact) mass is 149 g/mol. The average Bonchev–Trinajstić information content (AvgIpc) is 2.34. The summed E-state index contributed by atoms with van der Waals surface area (Å²) in [7, 11) is 0. The van der Waals surface area contributed by atoms with Crippen molar-refractivity contribution in [3.8, 4) is 0 Å². The molecule has 0 aliphatic rings. The van der Waals surface area contributed by atoms with Gasteiger partial charge in [-0.3, -0.25) is 0 Å². The SMILES string of the molecule is Cc1ncnc2ncn(N)c12. The number of hydrogen-bond acceptors (Lipinski definition) is 4. The van der Waals surface area contributed by atoms with Gasteiger partial charge in [0.25, 0.3) is 0 Å². The Kier molecular flexibility index (Phi) is 1.06. The molecular weight excluding hydrogens is 142 g/mol. The lowest BCUT2D eigenvalue weighted by Crippen LogP contribution is -2.06. The third-order valence-corrected chi connectivity index (χ3v) is 1.55. The zero-order chi connectivity index (χ0) is 7.84. The third kappa shape index (κ3) is 0.739. The highest BCUT2D eigenvalue weighted by Gasteiger charge is 2.03. The van der Waals surface area contributed by atoms with Crippen molar-refractivity contribution < 1.29 is 0 Å². The molecule has 0 saturated heterocycles. The summed E-state index contributed by atoms with van der Waals surface area (Å²) in [4.78, 5) is 11.9. The van der Waals surface area contributed by atoms with Crippen LogP contribution in [0, 0.1) is 6.92 Å². The predicted octanol–water partition coefficient (Wildman–Crippen LogP) is -0.151. The molecule has 0 aliphatic heterocycles. The summed E-state index contributed by atoms with van der Waals surface area (Å²) in [6.45, 7) is 1.87. The Bertz CT molecular complexity index is 391. The van der Waals surface area contributed by atoms with Gasteiger partial charge >= 0.3 is 0 Å². The first-order valence-corrected chi connectivity index (χ1v) is 3.19. The van der Waals surface area contributed by atoms with Crippen LogP contribution in [0.15, 0.2) is 12.7 Å². The Hall–Kier alpha value is -1.65. The van der Waals surface area contributed by atoms with Gasteiger partial charge in [-0.2, -0.15) is 0 Å². The maximum Gasteiger partial charge on any atom is 0.183 e. The van der Waals surface area contributed by atoms with Crippen LogP contribution in [0.5, 0.6) is 0 Å². The quantitative estimate of drug-likeness (QED) is 0.529. The molecule has 0 fully saturated rings. The molecule has 5 heteroatoms. The van der Waals surface area contributed by atoms with Gasteiger partial charge in [-0.15, -0.1) is 0 Å². The van der Waals surface area contributed by atoms with Gasteiger partial charge in [0.05, 0.1) is 5.69 Å². The first kappa shape index (κ1) is 6.09. The molecule has 0 saturated carbocycles. The predicted molar refractivity (Wildman–Crippen MR) is 40.2 cm³/mol. The van der Waals surface area contributed by atoms with Crippen LogP contribution < -0.4 is 5.84 Å². The van der Waals surface area contributed by atoms with E-state index < -0.39 is 0 Å². The van der Waals surface area contributed by atoms with E-state index >= 15 is 0 Å². The topological polar surface area (TPSA) is 69.6 Å². The molecule has 0 bridgehead atoms. The maximum absolute atomic E-state index is 5.55. The van der Waals surface area contributed by atoms with Crippen molar-refractivity contribution >= 4 is 11.2 Å². The second-order valence-corrected chi connectivity index (χ2v) is 2.28. The van der Waals surface area contributed by atoms with Gasteiger partial charge in [-0.1, -0.05) is 0 Å². The molecule has 0 radical (unpaired) electrons. The third-order valence-electron chi connectivity index (χ3n) is 1.55. The lowest BCUT2D eigenvalue weighted by molar-refractivity contribution is 1.02. The highest BCUT2D eigenvalue weighted by Crippen LogP contribution is 2.08. The Morgan fingerprint density at radius 2 is 2.18 bits per heavy atom. The molecular formula is C6H7N5. The lowest BCUT2D eigenvalue weighted by Gasteiger charge is -1.95. The van der Waals surface area contributed by atoms with Crippen LogP contribution in [0.2, 0.25) is 0 Å². The molecule has 0 aliphatic carbocycles. The van der Waals surface area contributed by atoms with Gasteiger partial charge in [0.15, 0.2) is 5.65 Å². The fourth-order valence-corrected chi connectivity index (χ4v) is 1.03. The van der Waals surface area contributed by atoms with Crippen LogP contribution in [0.25, 0.3) is 11.2 Å². The number of nitrogens with zero attached hydrogens (tertiary/aromatic N) is 4. The summed E-state index contributed by atoms with van der Waals surface area (Å²) >= 11 is 0. The smallest absolute Gasteiger partial charge is 0.183 e. The summed E-state index contributed by atoms with van der Waals surface area (Å²) in [5.74, 6) is 5.55. The number of aromatic nitrogens is 4. The molecule has 2 heterocycles. The highest BCUT2D eigenvalue weighted by atomic mass is 15.3. The van der Waals surface area contributed by atoms with Crippen molar-refractivity contribution in [1.29, 1.82) is 0 Å². The Morgan fingerprint density at radius 3 is 2.91 bits per heavy atom. The number of hydrogen-bond donors (Lipinski definition) is 1. The van der Waals surface area contributed by atoms with Crippen LogP contribution in [-0.2, 0) is 0 Å². The van der Waals surface area contributed by atoms with E-state index in [0.717, 1.165) is 11.2 Å². The molecule has 2 rings (SSSR count). The largest absolute Gasteiger partial charge is 0.338 e. The minimum absolute atomic E-state index is 0.639. The molecule has 0 atom stereocenters. The van der Waals surface area contributed by atoms with Gasteiger partial charge in [0.1, 0.15) is 18.2 Å². The summed E-state index contributed by atoms with van der Waals surface area (Å²) in [6, 6.07) is 0. The zero-order valence-corrected chi connectivity index (χ0v) is 6.02. The van der Waals surface area contributed by atoms with E-state index in [1.165, 1.54) is 17.3 Å². The fraction of sp³-hybridized carbons (Fsp3) is 0.167. The number of aryl methyl sites for hydroxylation is 1. The second-order valence-electron chi connectivity index (χ2n) is 2.28. The number of nitrogens with two attached hydrogens (primary N) is 1. The van der Waals surface area contributed by atoms with Crippen LogP contribution in [0.4, 0.5) is 0 Å². The lowest BCUT2D eigenvalue weighted by atomic mass is 10.4. The summed E-state index contributed by atoms with van der Waals surface area (Å²) in [5.41, 5.74) is 2.27. The first-order chi connectivity index (χ1) is 5.29. The van der Waals surface area contributed by atoms with Crippen molar-refractivity contribution in [1.82, 2.24) is 19.6 Å². The van der Waals surface area contributed by atoms with Crippen LogP contribution >= 0.6 is 0 Å². The molecule has 0 spiro atoms. The van der Waals surface area contributed by atoms with Gasteiger partial charge in [-0.05, 0) is 6.92 Å². The normalized spacial score (nSPS) is 10.6. The minimum atomic E-state index is 0.639. The maximum atomic E-state index is 5.55. The summed E-state index contributed by atoms with van der Waals surface area (Å²) < 4.78 is 1.42. The summed E-state index contributed by atoms with van der Waals surface area (Å²) in [5, 5.41) is 0. The molecule has 2 N–H and O–H groups in total. The average molecular weight is 149 g/mol. The summed E-state index contributed by atoms with van der Waals surface area (Å²) in [6.07, 6.45) is 3.00. The van der Waals surface area contributed by atoms with E-state index in [9.17, 15) is 0 Å². The fourth-order valence-electron chi connectivity index (χ4n) is 1.03. The van der Waals surface area contributed by atoms with Gasteiger partial charge in [0, 0.05) is 0 Å². The number of imidazole rings is 1. The molecule has 2 aromatic heterocycles. The standard InChI is InChI=1S/C6H7N5/c1-4-5-6(9-2-8-4)10-3-11(5)7/h2-3H,7H2,1H3. The van der Waals surface area contributed by atoms with Crippen LogP contribution in [-0.4, -0.2) is 19.6 Å². The van der Waals surface area contributed by atoms with Gasteiger partial charge in [-0.25, -0.2) is 19.6 Å². The molecule has 11 heavy (non-hydrogen) atoms. The van der Waals surface area contributed by atoms with E-state index in [0.29, 0.717) is 5.65 Å². The first-order valence-electron chi connectivity index (χ1n) is 3.19. The molecule has 0 aromatic carbocycles. The van der Waals surface area contributed by atoms with E-state index in [-0.39, 0.29) is 0 Å². The van der Waals surface area contributed by atoms with E-state index in [4.69, 9.17) is 5.84 Å². The Balaban J connectivity index is 2.96. The molecule has 0 amide bonds. The van der Waals surface area contributed by atoms with Crippen molar-refractivity contribution in [2.75, 3.05) is 5.84 Å². The Labute approximate surface area is 62.9 Å². The van der Waals surface area contributed by atoms with Crippen molar-refractivity contribution in [3.63, 3.8) is 0 Å². The molecule has 2 aromatic rings. The van der Waals surface area contributed by atoms with Crippen molar-refractivity contribution in [2.24, 2.45) is 0 Å². The van der Waals surface area contributed by atoms with E-state index in [1.54, 1.807) is 0 Å². The second kappa shape index (κ2) is 1.91. The number of fused-ring (bicyclic) bond motifs is 1. The van der Waals surface area contributed by atoms with Gasteiger partial charge in [0.2, 0.25) is 0 Å². The number of nitrogen functional groups attached to an aromatic ring is 1. The van der Waals surface area contributed by atoms with Crippen molar-refractivity contribution in [2.45, 2.75) is 6.92 Å². The highest BCUT2D eigenvalue weighted by molar-refractivity contribution is 5.72. The van der Waals surface area contributed by atoms with Gasteiger partial charge < -0.3 is 5.84 Å². The molecule has 0 unspecified atom stereocenters. The molecule has 5 nitrogen and oxygen atoms in total. The minimum Gasteiger partial charge on any atom is -0.338 e. The van der Waals surface area contributed by atoms with E-state index in [2.05, 4.69) is 15.0 Å². The zero-order valence-electron chi connectivity index (χ0n) is 6.02. The molecule has 56 valence electrons. The number of rotatable bonds is 0. The van der Waals surface area contributed by atoms with Crippen LogP contribution in [0.3, 0.4) is 0 Å². The van der Waals surface area contributed by atoms with Crippen LogP contribution in [0.1, 0.15) is 5.69 Å². The van der Waals surface area contributed by atoms with E-state index in [1.807, 2.05) is 6.92 Å². The van der Waals surface area contributed by atoms with Crippen molar-refractivity contribution in [3.05, 3.63) is 18.3 Å². The Morgan fingerprint density at radius 1 is 1.36 bits per heavy atom.